The highest BCUT2D eigenvalue weighted by molar-refractivity contribution is 9.10. The maximum absolute atomic E-state index is 11.9. The minimum absolute atomic E-state index is 0.0109. The lowest BCUT2D eigenvalue weighted by atomic mass is 10.3. The van der Waals surface area contributed by atoms with Gasteiger partial charge in [-0.1, -0.05) is 11.6 Å². The van der Waals surface area contributed by atoms with Gasteiger partial charge in [0.2, 0.25) is 0 Å². The lowest BCUT2D eigenvalue weighted by molar-refractivity contribution is -0.385. The Kier molecular flexibility index (Phi) is 4.05. The highest BCUT2D eigenvalue weighted by Crippen LogP contribution is 2.18. The van der Waals surface area contributed by atoms with Crippen LogP contribution in [0.15, 0.2) is 33.7 Å². The van der Waals surface area contributed by atoms with Gasteiger partial charge in [0.25, 0.3) is 11.2 Å². The summed E-state index contributed by atoms with van der Waals surface area (Å²) in [4.78, 5) is 26.2. The molecule has 9 heteroatoms. The molecule has 7 nitrogen and oxygen atoms in total. The summed E-state index contributed by atoms with van der Waals surface area (Å²) in [6.45, 7) is -0.0109. The number of nitrogen functional groups attached to an aromatic ring is 1. The lowest BCUT2D eigenvalue weighted by Gasteiger charge is -2.08. The van der Waals surface area contributed by atoms with Crippen LogP contribution in [0.4, 0.5) is 11.5 Å². The van der Waals surface area contributed by atoms with Gasteiger partial charge in [-0.3, -0.25) is 14.9 Å². The molecule has 104 valence electrons. The van der Waals surface area contributed by atoms with Crippen LogP contribution in [0.1, 0.15) is 5.69 Å². The largest absolute Gasteiger partial charge is 0.384 e. The van der Waals surface area contributed by atoms with Gasteiger partial charge in [0, 0.05) is 6.07 Å². The van der Waals surface area contributed by atoms with Gasteiger partial charge in [-0.05, 0) is 28.1 Å². The van der Waals surface area contributed by atoms with Crippen molar-refractivity contribution in [1.82, 2.24) is 9.55 Å². The Bertz CT molecular complexity index is 747. The molecule has 0 aliphatic heterocycles. The summed E-state index contributed by atoms with van der Waals surface area (Å²) in [7, 11) is 0. The van der Waals surface area contributed by atoms with E-state index in [4.69, 9.17) is 17.3 Å². The number of halogens is 2. The molecule has 0 unspecified atom stereocenters. The lowest BCUT2D eigenvalue weighted by Crippen LogP contribution is -2.22. The molecule has 0 amide bonds. The van der Waals surface area contributed by atoms with Gasteiger partial charge in [-0.25, -0.2) is 4.98 Å². The van der Waals surface area contributed by atoms with Gasteiger partial charge < -0.3 is 10.3 Å². The average Bonchev–Trinajstić information content (AvgIpc) is 2.38. The van der Waals surface area contributed by atoms with Crippen LogP contribution in [0.5, 0.6) is 0 Å². The molecule has 0 fully saturated rings. The molecular formula is C11H8BrClN4O3. The number of hydrogen-bond acceptors (Lipinski definition) is 5. The normalized spacial score (nSPS) is 10.5. The second-order valence-corrected chi connectivity index (χ2v) is 5.16. The van der Waals surface area contributed by atoms with Crippen LogP contribution in [-0.2, 0) is 6.54 Å². The predicted molar refractivity (Wildman–Crippen MR) is 77.8 cm³/mol. The van der Waals surface area contributed by atoms with E-state index in [0.717, 1.165) is 16.8 Å². The molecule has 0 bridgehead atoms. The van der Waals surface area contributed by atoms with Gasteiger partial charge >= 0.3 is 0 Å². The Morgan fingerprint density at radius 1 is 1.50 bits per heavy atom. The van der Waals surface area contributed by atoms with E-state index in [-0.39, 0.29) is 22.5 Å². The summed E-state index contributed by atoms with van der Waals surface area (Å²) in [5.41, 5.74) is 5.28. The van der Waals surface area contributed by atoms with Gasteiger partial charge in [0.1, 0.15) is 5.82 Å². The molecule has 20 heavy (non-hydrogen) atoms. The quantitative estimate of drug-likeness (QED) is 0.668. The topological polar surface area (TPSA) is 104 Å². The van der Waals surface area contributed by atoms with E-state index in [0.29, 0.717) is 10.7 Å². The van der Waals surface area contributed by atoms with Crippen LogP contribution < -0.4 is 11.3 Å². The summed E-state index contributed by atoms with van der Waals surface area (Å²) in [5, 5.41) is 11.1. The molecule has 2 rings (SSSR count). The number of rotatable bonds is 3. The van der Waals surface area contributed by atoms with Crippen molar-refractivity contribution in [2.75, 3.05) is 5.73 Å². The first-order valence-corrected chi connectivity index (χ1v) is 6.51. The third-order valence-corrected chi connectivity index (χ3v) is 3.41. The Morgan fingerprint density at radius 3 is 2.85 bits per heavy atom. The summed E-state index contributed by atoms with van der Waals surface area (Å²) in [5.74, 6) is 0.252. The van der Waals surface area contributed by atoms with E-state index < -0.39 is 10.5 Å². The number of anilines is 1. The summed E-state index contributed by atoms with van der Waals surface area (Å²) >= 11 is 8.96. The standard InChI is InChI=1S/C11H8BrClN4O3/c12-7-3-6(17(19)20)4-16(11(7)18)5-9-8(13)1-2-10(14)15-9/h1-4H,5H2,(H2,14,15). The fraction of sp³-hybridized carbons (Fsp3) is 0.0909. The summed E-state index contributed by atoms with van der Waals surface area (Å²) in [6, 6.07) is 4.22. The maximum Gasteiger partial charge on any atom is 0.286 e. The number of pyridine rings is 2. The van der Waals surface area contributed by atoms with Crippen LogP contribution in [0, 0.1) is 10.1 Å². The molecular weight excluding hydrogens is 352 g/mol. The van der Waals surface area contributed by atoms with E-state index in [9.17, 15) is 14.9 Å². The zero-order valence-corrected chi connectivity index (χ0v) is 12.3. The predicted octanol–water partition coefficient (Wildman–Crippen LogP) is 2.20. The molecule has 2 aromatic heterocycles. The van der Waals surface area contributed by atoms with Crippen LogP contribution in [0.2, 0.25) is 5.02 Å². The van der Waals surface area contributed by atoms with Crippen molar-refractivity contribution in [3.05, 3.63) is 60.1 Å². The van der Waals surface area contributed by atoms with E-state index in [1.807, 2.05) is 0 Å². The molecule has 2 aromatic rings. The number of nitro groups is 1. The van der Waals surface area contributed by atoms with Gasteiger partial charge in [-0.2, -0.15) is 0 Å². The summed E-state index contributed by atoms with van der Waals surface area (Å²) < 4.78 is 1.24. The second-order valence-electron chi connectivity index (χ2n) is 3.90. The zero-order valence-electron chi connectivity index (χ0n) is 9.92. The number of nitrogens with two attached hydrogens (primary N) is 1. The molecule has 0 saturated carbocycles. The molecule has 0 atom stereocenters. The Morgan fingerprint density at radius 2 is 2.20 bits per heavy atom. The van der Waals surface area contributed by atoms with Crippen LogP contribution >= 0.6 is 27.5 Å². The average molecular weight is 360 g/mol. The molecule has 0 aromatic carbocycles. The fourth-order valence-corrected chi connectivity index (χ4v) is 2.20. The Hall–Kier alpha value is -1.93. The molecule has 2 heterocycles. The first kappa shape index (κ1) is 14.5. The molecule has 0 aliphatic carbocycles. The monoisotopic (exact) mass is 358 g/mol. The third kappa shape index (κ3) is 2.97. The third-order valence-electron chi connectivity index (χ3n) is 2.50. The van der Waals surface area contributed by atoms with E-state index in [1.165, 1.54) is 6.07 Å². The first-order chi connectivity index (χ1) is 9.38. The van der Waals surface area contributed by atoms with Crippen LogP contribution in [0.25, 0.3) is 0 Å². The van der Waals surface area contributed by atoms with Crippen molar-refractivity contribution in [1.29, 1.82) is 0 Å². The van der Waals surface area contributed by atoms with E-state index in [1.54, 1.807) is 6.07 Å². The Balaban J connectivity index is 2.50. The number of aromatic nitrogens is 2. The van der Waals surface area contributed by atoms with Crippen molar-refractivity contribution >= 4 is 39.0 Å². The van der Waals surface area contributed by atoms with E-state index in [2.05, 4.69) is 20.9 Å². The van der Waals surface area contributed by atoms with Crippen LogP contribution in [-0.4, -0.2) is 14.5 Å². The van der Waals surface area contributed by atoms with Crippen molar-refractivity contribution in [2.24, 2.45) is 0 Å². The minimum Gasteiger partial charge on any atom is -0.384 e. The highest BCUT2D eigenvalue weighted by atomic mass is 79.9. The minimum atomic E-state index is -0.588. The fourth-order valence-electron chi connectivity index (χ4n) is 1.58. The van der Waals surface area contributed by atoms with Gasteiger partial charge in [-0.15, -0.1) is 0 Å². The highest BCUT2D eigenvalue weighted by Gasteiger charge is 2.14. The van der Waals surface area contributed by atoms with Crippen molar-refractivity contribution in [2.45, 2.75) is 6.54 Å². The number of nitrogens with zero attached hydrogens (tertiary/aromatic N) is 3. The first-order valence-electron chi connectivity index (χ1n) is 5.34. The zero-order chi connectivity index (χ0) is 14.9. The maximum atomic E-state index is 11.9. The summed E-state index contributed by atoms with van der Waals surface area (Å²) in [6.07, 6.45) is 1.13. The smallest absolute Gasteiger partial charge is 0.286 e. The second kappa shape index (κ2) is 5.59. The molecule has 2 N–H and O–H groups in total. The van der Waals surface area contributed by atoms with Gasteiger partial charge in [0.15, 0.2) is 0 Å². The van der Waals surface area contributed by atoms with Crippen LogP contribution in [0.3, 0.4) is 0 Å². The number of hydrogen-bond donors (Lipinski definition) is 1. The molecule has 0 saturated heterocycles. The molecule has 0 spiro atoms. The van der Waals surface area contributed by atoms with Crippen molar-refractivity contribution in [3.63, 3.8) is 0 Å². The van der Waals surface area contributed by atoms with Crippen molar-refractivity contribution in [3.8, 4) is 0 Å². The SMILES string of the molecule is Nc1ccc(Cl)c(Cn2cc([N+](=O)[O-])cc(Br)c2=O)n1. The Labute approximate surface area is 126 Å². The van der Waals surface area contributed by atoms with Gasteiger partial charge in [0.05, 0.1) is 32.9 Å². The van der Waals surface area contributed by atoms with E-state index >= 15 is 0 Å². The molecule has 0 radical (unpaired) electrons. The van der Waals surface area contributed by atoms with Crippen molar-refractivity contribution < 1.29 is 4.92 Å². The molecule has 0 aliphatic rings.